The molecule has 0 heterocycles. The Bertz CT molecular complexity index is 325. The maximum absolute atomic E-state index is 10.7. The molecular weight excluding hydrogens is 216 g/mol. The lowest BCUT2D eigenvalue weighted by Gasteiger charge is -2.03. The molecule has 1 N–H and O–H groups in total. The molecule has 0 amide bonds. The third kappa shape index (κ3) is 4.32. The second-order valence-corrected chi connectivity index (χ2v) is 3.48. The van der Waals surface area contributed by atoms with E-state index >= 15 is 0 Å². The standard InChI is InChI=1S/C11H13ClO3/c12-5-2-6-15-8-9-3-1-4-10(7-9)11(13)14/h1,3-4,7H,2,5-6,8H2,(H,13,14). The van der Waals surface area contributed by atoms with Crippen molar-refractivity contribution in [1.82, 2.24) is 0 Å². The van der Waals surface area contributed by atoms with E-state index in [0.29, 0.717) is 19.1 Å². The third-order valence-corrected chi connectivity index (χ3v) is 2.13. The zero-order valence-electron chi connectivity index (χ0n) is 8.28. The van der Waals surface area contributed by atoms with Crippen molar-refractivity contribution in [3.8, 4) is 0 Å². The van der Waals surface area contributed by atoms with Gasteiger partial charge in [0.25, 0.3) is 0 Å². The molecule has 1 aromatic carbocycles. The van der Waals surface area contributed by atoms with Crippen LogP contribution in [0.4, 0.5) is 0 Å². The van der Waals surface area contributed by atoms with Gasteiger partial charge in [-0.05, 0) is 24.1 Å². The zero-order valence-corrected chi connectivity index (χ0v) is 9.04. The molecule has 0 bridgehead atoms. The maximum Gasteiger partial charge on any atom is 0.335 e. The molecule has 1 rings (SSSR count). The number of benzene rings is 1. The number of ether oxygens (including phenoxy) is 1. The van der Waals surface area contributed by atoms with Crippen LogP contribution in [0.1, 0.15) is 22.3 Å². The monoisotopic (exact) mass is 228 g/mol. The molecule has 0 radical (unpaired) electrons. The van der Waals surface area contributed by atoms with Crippen molar-refractivity contribution < 1.29 is 14.6 Å². The van der Waals surface area contributed by atoms with Crippen LogP contribution >= 0.6 is 11.6 Å². The lowest BCUT2D eigenvalue weighted by Crippen LogP contribution is -2.00. The summed E-state index contributed by atoms with van der Waals surface area (Å²) < 4.78 is 5.32. The summed E-state index contributed by atoms with van der Waals surface area (Å²) in [4.78, 5) is 10.7. The highest BCUT2D eigenvalue weighted by Gasteiger charge is 2.02. The SMILES string of the molecule is O=C(O)c1cccc(COCCCCl)c1. The Morgan fingerprint density at radius 3 is 2.93 bits per heavy atom. The van der Waals surface area contributed by atoms with E-state index in [4.69, 9.17) is 21.4 Å². The van der Waals surface area contributed by atoms with Crippen LogP contribution in [-0.2, 0) is 11.3 Å². The van der Waals surface area contributed by atoms with E-state index in [1.807, 2.05) is 6.07 Å². The third-order valence-electron chi connectivity index (χ3n) is 1.86. The lowest BCUT2D eigenvalue weighted by molar-refractivity contribution is 0.0696. The number of carboxylic acids is 1. The molecule has 4 heteroatoms. The fourth-order valence-electron chi connectivity index (χ4n) is 1.14. The van der Waals surface area contributed by atoms with Gasteiger partial charge in [-0.2, -0.15) is 0 Å². The topological polar surface area (TPSA) is 46.5 Å². The predicted octanol–water partition coefficient (Wildman–Crippen LogP) is 2.53. The quantitative estimate of drug-likeness (QED) is 0.601. The largest absolute Gasteiger partial charge is 0.478 e. The molecule has 0 aliphatic heterocycles. The summed E-state index contributed by atoms with van der Waals surface area (Å²) in [7, 11) is 0. The summed E-state index contributed by atoms with van der Waals surface area (Å²) in [5.41, 5.74) is 1.15. The Hall–Kier alpha value is -1.06. The molecule has 15 heavy (non-hydrogen) atoms. The zero-order chi connectivity index (χ0) is 11.1. The minimum absolute atomic E-state index is 0.286. The molecule has 1 aromatic rings. The summed E-state index contributed by atoms with van der Waals surface area (Å²) in [5.74, 6) is -0.340. The average Bonchev–Trinajstić information content (AvgIpc) is 2.25. The molecule has 0 saturated heterocycles. The van der Waals surface area contributed by atoms with Gasteiger partial charge in [-0.1, -0.05) is 12.1 Å². The van der Waals surface area contributed by atoms with Crippen molar-refractivity contribution >= 4 is 17.6 Å². The van der Waals surface area contributed by atoms with E-state index in [0.717, 1.165) is 12.0 Å². The minimum Gasteiger partial charge on any atom is -0.478 e. The van der Waals surface area contributed by atoms with Gasteiger partial charge >= 0.3 is 5.97 Å². The summed E-state index contributed by atoms with van der Waals surface area (Å²) in [6.07, 6.45) is 0.806. The maximum atomic E-state index is 10.7. The Balaban J connectivity index is 2.47. The van der Waals surface area contributed by atoms with Gasteiger partial charge in [-0.3, -0.25) is 0 Å². The van der Waals surface area contributed by atoms with Gasteiger partial charge in [0.2, 0.25) is 0 Å². The fraction of sp³-hybridized carbons (Fsp3) is 0.364. The second-order valence-electron chi connectivity index (χ2n) is 3.10. The summed E-state index contributed by atoms with van der Waals surface area (Å²) in [5, 5.41) is 8.76. The van der Waals surface area contributed by atoms with Gasteiger partial charge in [0.05, 0.1) is 12.2 Å². The van der Waals surface area contributed by atoms with Gasteiger partial charge in [-0.15, -0.1) is 11.6 Å². The number of carboxylic acid groups (broad SMARTS) is 1. The Morgan fingerprint density at radius 1 is 1.47 bits per heavy atom. The number of hydrogen-bond acceptors (Lipinski definition) is 2. The van der Waals surface area contributed by atoms with Crippen LogP contribution in [0.3, 0.4) is 0 Å². The van der Waals surface area contributed by atoms with E-state index in [2.05, 4.69) is 0 Å². The van der Waals surface area contributed by atoms with Gasteiger partial charge in [0.15, 0.2) is 0 Å². The van der Waals surface area contributed by atoms with Crippen molar-refractivity contribution in [3.63, 3.8) is 0 Å². The van der Waals surface area contributed by atoms with Crippen LogP contribution in [0, 0.1) is 0 Å². The first-order chi connectivity index (χ1) is 7.24. The van der Waals surface area contributed by atoms with Crippen molar-refractivity contribution in [3.05, 3.63) is 35.4 Å². The lowest BCUT2D eigenvalue weighted by atomic mass is 10.1. The van der Waals surface area contributed by atoms with Crippen molar-refractivity contribution in [1.29, 1.82) is 0 Å². The minimum atomic E-state index is -0.919. The van der Waals surface area contributed by atoms with Crippen LogP contribution in [-0.4, -0.2) is 23.6 Å². The number of hydrogen-bond donors (Lipinski definition) is 1. The molecule has 0 unspecified atom stereocenters. The van der Waals surface area contributed by atoms with Crippen molar-refractivity contribution in [2.24, 2.45) is 0 Å². The normalized spacial score (nSPS) is 10.2. The van der Waals surface area contributed by atoms with E-state index in [-0.39, 0.29) is 5.56 Å². The Kier molecular flexibility index (Phi) is 5.15. The van der Waals surface area contributed by atoms with Gasteiger partial charge < -0.3 is 9.84 Å². The first-order valence-electron chi connectivity index (χ1n) is 4.70. The molecule has 0 fully saturated rings. The highest BCUT2D eigenvalue weighted by Crippen LogP contribution is 2.06. The molecule has 0 aromatic heterocycles. The smallest absolute Gasteiger partial charge is 0.335 e. The van der Waals surface area contributed by atoms with E-state index in [1.165, 1.54) is 0 Å². The van der Waals surface area contributed by atoms with Crippen LogP contribution in [0.15, 0.2) is 24.3 Å². The molecule has 0 atom stereocenters. The first-order valence-corrected chi connectivity index (χ1v) is 5.23. The Morgan fingerprint density at radius 2 is 2.27 bits per heavy atom. The number of alkyl halides is 1. The molecule has 0 aliphatic carbocycles. The number of rotatable bonds is 6. The summed E-state index contributed by atoms with van der Waals surface area (Å²) >= 11 is 5.49. The highest BCUT2D eigenvalue weighted by atomic mass is 35.5. The van der Waals surface area contributed by atoms with Crippen LogP contribution in [0.25, 0.3) is 0 Å². The molecule has 82 valence electrons. The molecule has 0 spiro atoms. The number of aromatic carboxylic acids is 1. The molecule has 0 aliphatic rings. The summed E-state index contributed by atoms with van der Waals surface area (Å²) in [6.45, 7) is 1.03. The number of carbonyl (C=O) groups is 1. The fourth-order valence-corrected chi connectivity index (χ4v) is 1.25. The van der Waals surface area contributed by atoms with E-state index in [9.17, 15) is 4.79 Å². The summed E-state index contributed by atoms with van der Waals surface area (Å²) in [6, 6.07) is 6.73. The Labute approximate surface area is 93.6 Å². The van der Waals surface area contributed by atoms with Gasteiger partial charge in [0.1, 0.15) is 0 Å². The molecular formula is C11H13ClO3. The first kappa shape index (κ1) is 12.0. The van der Waals surface area contributed by atoms with Crippen LogP contribution in [0.2, 0.25) is 0 Å². The molecule has 0 saturated carbocycles. The van der Waals surface area contributed by atoms with E-state index in [1.54, 1.807) is 18.2 Å². The van der Waals surface area contributed by atoms with Gasteiger partial charge in [0, 0.05) is 12.5 Å². The van der Waals surface area contributed by atoms with Crippen molar-refractivity contribution in [2.45, 2.75) is 13.0 Å². The molecule has 3 nitrogen and oxygen atoms in total. The van der Waals surface area contributed by atoms with Crippen LogP contribution in [0.5, 0.6) is 0 Å². The highest BCUT2D eigenvalue weighted by molar-refractivity contribution is 6.17. The second kappa shape index (κ2) is 6.43. The number of halogens is 1. The predicted molar refractivity (Wildman–Crippen MR) is 58.4 cm³/mol. The van der Waals surface area contributed by atoms with Crippen LogP contribution < -0.4 is 0 Å². The van der Waals surface area contributed by atoms with Crippen molar-refractivity contribution in [2.75, 3.05) is 12.5 Å². The average molecular weight is 229 g/mol. The van der Waals surface area contributed by atoms with Gasteiger partial charge in [-0.25, -0.2) is 4.79 Å². The van der Waals surface area contributed by atoms with E-state index < -0.39 is 5.97 Å².